The molecule has 2 amide bonds. The fourth-order valence-corrected chi connectivity index (χ4v) is 3.11. The van der Waals surface area contributed by atoms with E-state index in [1.165, 1.54) is 0 Å². The first kappa shape index (κ1) is 14.4. The predicted octanol–water partition coefficient (Wildman–Crippen LogP) is 1.10. The minimum atomic E-state index is -0.358. The smallest absolute Gasteiger partial charge is 0.243 e. The Morgan fingerprint density at radius 3 is 2.71 bits per heavy atom. The molecule has 1 unspecified atom stereocenters. The summed E-state index contributed by atoms with van der Waals surface area (Å²) in [5.41, 5.74) is 1.57. The summed E-state index contributed by atoms with van der Waals surface area (Å²) in [5.74, 6) is 0.184. The molecule has 1 aromatic heterocycles. The molecule has 0 spiro atoms. The van der Waals surface area contributed by atoms with Crippen molar-refractivity contribution in [2.45, 2.75) is 45.8 Å². The summed E-state index contributed by atoms with van der Waals surface area (Å²) in [6, 6.07) is -0.358. The number of piperazine rings is 1. The van der Waals surface area contributed by atoms with Crippen LogP contribution in [-0.4, -0.2) is 39.1 Å². The van der Waals surface area contributed by atoms with Crippen LogP contribution in [0.15, 0.2) is 0 Å². The Hall–Kier alpha value is -1.56. The third kappa shape index (κ3) is 2.52. The van der Waals surface area contributed by atoms with E-state index in [2.05, 4.69) is 10.4 Å². The molecule has 1 aromatic rings. The van der Waals surface area contributed by atoms with E-state index in [1.807, 2.05) is 13.8 Å². The number of aromatic nitrogens is 2. The maximum Gasteiger partial charge on any atom is 0.243 e. The van der Waals surface area contributed by atoms with E-state index in [0.717, 1.165) is 24.2 Å². The Kier molecular flexibility index (Phi) is 3.65. The molecule has 1 N–H and O–H groups in total. The van der Waals surface area contributed by atoms with Crippen LogP contribution in [0.1, 0.15) is 31.2 Å². The highest BCUT2D eigenvalue weighted by molar-refractivity contribution is 6.31. The van der Waals surface area contributed by atoms with Gasteiger partial charge < -0.3 is 10.2 Å². The average molecular weight is 311 g/mol. The molecule has 2 fully saturated rings. The van der Waals surface area contributed by atoms with Crippen LogP contribution < -0.4 is 5.32 Å². The summed E-state index contributed by atoms with van der Waals surface area (Å²) < 4.78 is 1.81. The molecule has 1 saturated heterocycles. The molecule has 2 aliphatic rings. The Morgan fingerprint density at radius 1 is 1.38 bits per heavy atom. The molecule has 1 atom stereocenters. The zero-order valence-corrected chi connectivity index (χ0v) is 13.0. The fraction of sp³-hybridized carbons (Fsp3) is 0.643. The minimum Gasteiger partial charge on any atom is -0.345 e. The molecule has 0 aromatic carbocycles. The zero-order chi connectivity index (χ0) is 15.1. The highest BCUT2D eigenvalue weighted by Crippen LogP contribution is 2.37. The number of hydrogen-bond donors (Lipinski definition) is 1. The molecule has 0 radical (unpaired) electrons. The summed E-state index contributed by atoms with van der Waals surface area (Å²) in [6.07, 6.45) is 2.00. The van der Waals surface area contributed by atoms with Gasteiger partial charge in [0.15, 0.2) is 0 Å². The predicted molar refractivity (Wildman–Crippen MR) is 77.7 cm³/mol. The summed E-state index contributed by atoms with van der Waals surface area (Å²) in [6.45, 7) is 4.93. The van der Waals surface area contributed by atoms with Gasteiger partial charge in [0.25, 0.3) is 0 Å². The lowest BCUT2D eigenvalue weighted by atomic mass is 10.1. The van der Waals surface area contributed by atoms with Crippen molar-refractivity contribution in [3.63, 3.8) is 0 Å². The number of hydrogen-bond acceptors (Lipinski definition) is 3. The minimum absolute atomic E-state index is 0.0486. The van der Waals surface area contributed by atoms with Crippen LogP contribution in [0.2, 0.25) is 5.02 Å². The van der Waals surface area contributed by atoms with E-state index in [9.17, 15) is 9.59 Å². The normalized spacial score (nSPS) is 22.6. The van der Waals surface area contributed by atoms with Crippen molar-refractivity contribution in [2.75, 3.05) is 6.54 Å². The number of rotatable bonds is 4. The molecule has 21 heavy (non-hydrogen) atoms. The number of aryl methyl sites for hydroxylation is 2. The second-order valence-electron chi connectivity index (χ2n) is 5.68. The molecule has 114 valence electrons. The first-order valence-electron chi connectivity index (χ1n) is 7.31. The summed E-state index contributed by atoms with van der Waals surface area (Å²) in [5, 5.41) is 7.64. The topological polar surface area (TPSA) is 67.2 Å². The van der Waals surface area contributed by atoms with Gasteiger partial charge in [0.2, 0.25) is 11.8 Å². The second kappa shape index (κ2) is 5.33. The zero-order valence-electron chi connectivity index (χ0n) is 12.2. The number of carbonyl (C=O) groups is 2. The summed E-state index contributed by atoms with van der Waals surface area (Å²) in [7, 11) is 0. The van der Waals surface area contributed by atoms with Crippen molar-refractivity contribution in [1.82, 2.24) is 20.0 Å². The number of carbonyl (C=O) groups excluding carboxylic acids is 2. The van der Waals surface area contributed by atoms with Gasteiger partial charge in [-0.2, -0.15) is 5.10 Å². The number of amides is 2. The van der Waals surface area contributed by atoms with Gasteiger partial charge >= 0.3 is 0 Å². The van der Waals surface area contributed by atoms with E-state index in [-0.39, 0.29) is 30.3 Å². The first-order chi connectivity index (χ1) is 10.0. The van der Waals surface area contributed by atoms with Gasteiger partial charge in [-0.1, -0.05) is 11.6 Å². The van der Waals surface area contributed by atoms with Gasteiger partial charge in [0.05, 0.1) is 29.5 Å². The van der Waals surface area contributed by atoms with E-state index < -0.39 is 0 Å². The highest BCUT2D eigenvalue weighted by Gasteiger charge is 2.45. The molecular formula is C14H19ClN4O2. The molecular weight excluding hydrogens is 292 g/mol. The SMILES string of the molecule is CCn1nc(C)c(Cl)c1CN1C(=O)CNC(=O)C1C1CC1. The molecule has 1 aliphatic carbocycles. The van der Waals surface area contributed by atoms with Crippen molar-refractivity contribution >= 4 is 23.4 Å². The van der Waals surface area contributed by atoms with Crippen molar-refractivity contribution in [3.8, 4) is 0 Å². The van der Waals surface area contributed by atoms with Crippen molar-refractivity contribution in [3.05, 3.63) is 16.4 Å². The van der Waals surface area contributed by atoms with Crippen LogP contribution in [0.25, 0.3) is 0 Å². The first-order valence-corrected chi connectivity index (χ1v) is 7.69. The van der Waals surface area contributed by atoms with Crippen molar-refractivity contribution < 1.29 is 9.59 Å². The molecule has 3 rings (SSSR count). The van der Waals surface area contributed by atoms with Gasteiger partial charge in [0, 0.05) is 6.54 Å². The average Bonchev–Trinajstić information content (AvgIpc) is 3.25. The van der Waals surface area contributed by atoms with Crippen molar-refractivity contribution in [1.29, 1.82) is 0 Å². The van der Waals surface area contributed by atoms with E-state index >= 15 is 0 Å². The molecule has 1 saturated carbocycles. The van der Waals surface area contributed by atoms with Crippen molar-refractivity contribution in [2.24, 2.45) is 5.92 Å². The van der Waals surface area contributed by atoms with E-state index in [4.69, 9.17) is 11.6 Å². The van der Waals surface area contributed by atoms with Gasteiger partial charge in [-0.05, 0) is 32.6 Å². The maximum absolute atomic E-state index is 12.2. The van der Waals surface area contributed by atoms with Crippen LogP contribution in [-0.2, 0) is 22.7 Å². The summed E-state index contributed by atoms with van der Waals surface area (Å²) >= 11 is 6.32. The van der Waals surface area contributed by atoms with Gasteiger partial charge in [0.1, 0.15) is 6.04 Å². The number of nitrogens with zero attached hydrogens (tertiary/aromatic N) is 3. The Morgan fingerprint density at radius 2 is 2.10 bits per heavy atom. The lowest BCUT2D eigenvalue weighted by Crippen LogP contribution is -2.58. The van der Waals surface area contributed by atoms with Gasteiger partial charge in [-0.15, -0.1) is 0 Å². The standard InChI is InChI=1S/C14H19ClN4O2/c1-3-19-10(12(15)8(2)17-19)7-18-11(20)6-16-14(21)13(18)9-4-5-9/h9,13H,3-7H2,1-2H3,(H,16,21). The highest BCUT2D eigenvalue weighted by atomic mass is 35.5. The third-order valence-corrected chi connectivity index (χ3v) is 4.67. The molecule has 7 heteroatoms. The van der Waals surface area contributed by atoms with Crippen LogP contribution >= 0.6 is 11.6 Å². The molecule has 2 heterocycles. The van der Waals surface area contributed by atoms with Gasteiger partial charge in [-0.3, -0.25) is 14.3 Å². The maximum atomic E-state index is 12.2. The third-order valence-electron chi connectivity index (χ3n) is 4.18. The van der Waals surface area contributed by atoms with E-state index in [0.29, 0.717) is 18.1 Å². The Bertz CT molecular complexity index is 594. The second-order valence-corrected chi connectivity index (χ2v) is 6.06. The van der Waals surface area contributed by atoms with Crippen LogP contribution in [0.4, 0.5) is 0 Å². The summed E-state index contributed by atoms with van der Waals surface area (Å²) in [4.78, 5) is 26.0. The lowest BCUT2D eigenvalue weighted by Gasteiger charge is -2.35. The largest absolute Gasteiger partial charge is 0.345 e. The molecule has 0 bridgehead atoms. The lowest BCUT2D eigenvalue weighted by molar-refractivity contribution is -0.147. The van der Waals surface area contributed by atoms with Gasteiger partial charge in [-0.25, -0.2) is 0 Å². The monoisotopic (exact) mass is 310 g/mol. The van der Waals surface area contributed by atoms with Crippen LogP contribution in [0.5, 0.6) is 0 Å². The fourth-order valence-electron chi connectivity index (χ4n) is 2.91. The van der Waals surface area contributed by atoms with E-state index in [1.54, 1.807) is 9.58 Å². The number of halogens is 1. The molecule has 6 nitrogen and oxygen atoms in total. The Labute approximate surface area is 128 Å². The molecule has 1 aliphatic heterocycles. The quantitative estimate of drug-likeness (QED) is 0.905. The number of nitrogens with one attached hydrogen (secondary N) is 1. The Balaban J connectivity index is 1.91. The van der Waals surface area contributed by atoms with Crippen LogP contribution in [0.3, 0.4) is 0 Å². The van der Waals surface area contributed by atoms with Crippen LogP contribution in [0, 0.1) is 12.8 Å².